The van der Waals surface area contributed by atoms with Gasteiger partial charge in [-0.1, -0.05) is 30.3 Å². The molecule has 0 amide bonds. The van der Waals surface area contributed by atoms with Crippen LogP contribution in [0.5, 0.6) is 0 Å². The molecule has 1 saturated carbocycles. The summed E-state index contributed by atoms with van der Waals surface area (Å²) in [5.74, 6) is -0.858. The maximum atomic E-state index is 11.0. The zero-order chi connectivity index (χ0) is 22.7. The summed E-state index contributed by atoms with van der Waals surface area (Å²) < 4.78 is 0. The van der Waals surface area contributed by atoms with Gasteiger partial charge in [0.2, 0.25) is 0 Å². The Morgan fingerprint density at radius 3 is 2.31 bits per heavy atom. The molecule has 2 fully saturated rings. The van der Waals surface area contributed by atoms with E-state index in [0.29, 0.717) is 18.9 Å². The van der Waals surface area contributed by atoms with Gasteiger partial charge in [-0.2, -0.15) is 0 Å². The average Bonchev–Trinajstić information content (AvgIpc) is 2.79. The Morgan fingerprint density at radius 2 is 1.72 bits per heavy atom. The first-order chi connectivity index (χ1) is 15.3. The van der Waals surface area contributed by atoms with E-state index in [1.165, 1.54) is 0 Å². The van der Waals surface area contributed by atoms with Crippen LogP contribution < -0.4 is 10.6 Å². The molecule has 2 aromatic carbocycles. The van der Waals surface area contributed by atoms with Crippen LogP contribution in [0.3, 0.4) is 0 Å². The van der Waals surface area contributed by atoms with E-state index in [9.17, 15) is 9.90 Å². The van der Waals surface area contributed by atoms with Gasteiger partial charge in [0, 0.05) is 49.0 Å². The summed E-state index contributed by atoms with van der Waals surface area (Å²) in [4.78, 5) is 15.9. The predicted octanol–water partition coefficient (Wildman–Crippen LogP) is 2.91. The van der Waals surface area contributed by atoms with Crippen molar-refractivity contribution in [2.24, 2.45) is 5.73 Å². The Bertz CT molecular complexity index is 962. The Hall–Kier alpha value is -2.90. The molecule has 0 aromatic heterocycles. The number of carboxylic acid groups (broad SMARTS) is 1. The fourth-order valence-electron chi connectivity index (χ4n) is 5.12. The van der Waals surface area contributed by atoms with E-state index in [0.717, 1.165) is 61.4 Å². The highest BCUT2D eigenvalue weighted by Gasteiger charge is 2.37. The van der Waals surface area contributed by atoms with Gasteiger partial charge in [0.25, 0.3) is 0 Å². The molecule has 1 aliphatic carbocycles. The van der Waals surface area contributed by atoms with Crippen LogP contribution >= 0.6 is 0 Å². The summed E-state index contributed by atoms with van der Waals surface area (Å²) in [6.45, 7) is 3.67. The minimum Gasteiger partial charge on any atom is -0.481 e. The number of hydrogen-bond acceptors (Lipinski definition) is 5. The molecule has 0 unspecified atom stereocenters. The van der Waals surface area contributed by atoms with Gasteiger partial charge in [-0.25, -0.2) is 0 Å². The highest BCUT2D eigenvalue weighted by molar-refractivity contribution is 5.97. The van der Waals surface area contributed by atoms with Gasteiger partial charge in [0.15, 0.2) is 0 Å². The number of rotatable bonds is 6. The third kappa shape index (κ3) is 4.95. The van der Waals surface area contributed by atoms with E-state index in [-0.39, 0.29) is 12.3 Å². The second-order valence-electron chi connectivity index (χ2n) is 9.06. The molecule has 2 aliphatic rings. The zero-order valence-corrected chi connectivity index (χ0v) is 18.3. The maximum Gasteiger partial charge on any atom is 0.306 e. The molecule has 7 nitrogen and oxygen atoms in total. The SMILES string of the molecule is N=C(N)c1ccc(N2CCN(C3CCC(O)(CC(=O)O)CC3)CC2)c(-c2ccccc2)c1. The molecule has 0 spiro atoms. The number of aliphatic carboxylic acids is 1. The number of anilines is 1. The number of carbonyl (C=O) groups is 1. The molecule has 0 radical (unpaired) electrons. The standard InChI is InChI=1S/C25H32N4O3/c26-24(27)19-6-7-22(21(16-19)18-4-2-1-3-5-18)29-14-12-28(13-15-29)20-8-10-25(32,11-9-20)17-23(30)31/h1-7,16,20,32H,8-15,17H2,(H3,26,27)(H,30,31). The van der Waals surface area contributed by atoms with E-state index in [2.05, 4.69) is 28.0 Å². The van der Waals surface area contributed by atoms with Crippen molar-refractivity contribution in [2.75, 3.05) is 31.1 Å². The summed E-state index contributed by atoms with van der Waals surface area (Å²) >= 11 is 0. The van der Waals surface area contributed by atoms with Crippen molar-refractivity contribution >= 4 is 17.5 Å². The van der Waals surface area contributed by atoms with Gasteiger partial charge in [-0.3, -0.25) is 15.1 Å². The molecule has 0 bridgehead atoms. The van der Waals surface area contributed by atoms with Gasteiger partial charge >= 0.3 is 5.97 Å². The van der Waals surface area contributed by atoms with Gasteiger partial charge in [0.05, 0.1) is 12.0 Å². The molecule has 1 heterocycles. The minimum absolute atomic E-state index is 0.0682. The zero-order valence-electron chi connectivity index (χ0n) is 18.3. The summed E-state index contributed by atoms with van der Waals surface area (Å²) in [6, 6.07) is 16.6. The monoisotopic (exact) mass is 436 g/mol. The Kier molecular flexibility index (Phi) is 6.48. The first kappa shape index (κ1) is 22.3. The number of nitrogens with zero attached hydrogens (tertiary/aromatic N) is 2. The number of nitrogens with one attached hydrogen (secondary N) is 1. The quantitative estimate of drug-likeness (QED) is 0.409. The van der Waals surface area contributed by atoms with Crippen LogP contribution in [0.25, 0.3) is 11.1 Å². The molecule has 1 saturated heterocycles. The smallest absolute Gasteiger partial charge is 0.306 e. The molecule has 0 atom stereocenters. The summed E-state index contributed by atoms with van der Waals surface area (Å²) in [5, 5.41) is 27.4. The highest BCUT2D eigenvalue weighted by Crippen LogP contribution is 2.36. The molecule has 170 valence electrons. The van der Waals surface area contributed by atoms with Gasteiger partial charge in [-0.05, 0) is 49.4 Å². The van der Waals surface area contributed by atoms with Crippen LogP contribution in [0.2, 0.25) is 0 Å². The number of amidine groups is 1. The second kappa shape index (κ2) is 9.30. The number of nitrogens with two attached hydrogens (primary N) is 1. The van der Waals surface area contributed by atoms with Gasteiger partial charge in [-0.15, -0.1) is 0 Å². The van der Waals surface area contributed by atoms with Crippen LogP contribution in [0.1, 0.15) is 37.7 Å². The summed E-state index contributed by atoms with van der Waals surface area (Å²) in [7, 11) is 0. The predicted molar refractivity (Wildman–Crippen MR) is 126 cm³/mol. The fraction of sp³-hybridized carbons (Fsp3) is 0.440. The first-order valence-corrected chi connectivity index (χ1v) is 11.3. The van der Waals surface area contributed by atoms with Crippen LogP contribution in [-0.4, -0.2) is 64.7 Å². The van der Waals surface area contributed by atoms with Crippen LogP contribution in [0.15, 0.2) is 48.5 Å². The molecule has 4 rings (SSSR count). The van der Waals surface area contributed by atoms with Crippen LogP contribution in [-0.2, 0) is 4.79 Å². The molecule has 1 aliphatic heterocycles. The van der Waals surface area contributed by atoms with E-state index >= 15 is 0 Å². The van der Waals surface area contributed by atoms with E-state index in [4.69, 9.17) is 16.2 Å². The van der Waals surface area contributed by atoms with Gasteiger partial charge < -0.3 is 20.8 Å². The average molecular weight is 437 g/mol. The lowest BCUT2D eigenvalue weighted by Gasteiger charge is -2.44. The molecule has 32 heavy (non-hydrogen) atoms. The lowest BCUT2D eigenvalue weighted by molar-refractivity contribution is -0.144. The Balaban J connectivity index is 1.44. The summed E-state index contributed by atoms with van der Waals surface area (Å²) in [5.41, 5.74) is 8.77. The normalized spacial score (nSPS) is 24.3. The Morgan fingerprint density at radius 1 is 1.06 bits per heavy atom. The van der Waals surface area contributed by atoms with Crippen molar-refractivity contribution in [2.45, 2.75) is 43.7 Å². The number of benzene rings is 2. The molecular formula is C25H32N4O3. The number of piperazine rings is 1. The Labute approximate surface area is 189 Å². The van der Waals surface area contributed by atoms with Crippen molar-refractivity contribution in [3.8, 4) is 11.1 Å². The third-order valence-electron chi connectivity index (χ3n) is 6.93. The van der Waals surface area contributed by atoms with Crippen LogP contribution in [0, 0.1) is 5.41 Å². The van der Waals surface area contributed by atoms with Crippen molar-refractivity contribution in [3.05, 3.63) is 54.1 Å². The van der Waals surface area contributed by atoms with Gasteiger partial charge in [0.1, 0.15) is 5.84 Å². The van der Waals surface area contributed by atoms with E-state index in [1.807, 2.05) is 30.3 Å². The summed E-state index contributed by atoms with van der Waals surface area (Å²) in [6.07, 6.45) is 2.62. The number of aliphatic hydroxyl groups is 1. The number of nitrogen functional groups attached to an aromatic ring is 1. The van der Waals surface area contributed by atoms with Crippen LogP contribution in [0.4, 0.5) is 5.69 Å². The first-order valence-electron chi connectivity index (χ1n) is 11.3. The largest absolute Gasteiger partial charge is 0.481 e. The van der Waals surface area contributed by atoms with E-state index in [1.54, 1.807) is 0 Å². The highest BCUT2D eigenvalue weighted by atomic mass is 16.4. The van der Waals surface area contributed by atoms with Crippen molar-refractivity contribution in [3.63, 3.8) is 0 Å². The molecule has 7 heteroatoms. The molecular weight excluding hydrogens is 404 g/mol. The third-order valence-corrected chi connectivity index (χ3v) is 6.93. The fourth-order valence-corrected chi connectivity index (χ4v) is 5.12. The lowest BCUT2D eigenvalue weighted by atomic mass is 9.79. The maximum absolute atomic E-state index is 11.0. The molecule has 2 aromatic rings. The second-order valence-corrected chi connectivity index (χ2v) is 9.06. The minimum atomic E-state index is -1.05. The van der Waals surface area contributed by atoms with E-state index < -0.39 is 11.6 Å². The number of carboxylic acids is 1. The van der Waals surface area contributed by atoms with Crippen molar-refractivity contribution in [1.82, 2.24) is 4.90 Å². The lowest BCUT2D eigenvalue weighted by Crippen LogP contribution is -2.52. The van der Waals surface area contributed by atoms with Crippen molar-refractivity contribution in [1.29, 1.82) is 5.41 Å². The number of hydrogen-bond donors (Lipinski definition) is 4. The topological polar surface area (TPSA) is 114 Å². The van der Waals surface area contributed by atoms with Crippen molar-refractivity contribution < 1.29 is 15.0 Å². The molecule has 5 N–H and O–H groups in total.